The Morgan fingerprint density at radius 3 is 2.19 bits per heavy atom. The maximum atomic E-state index is 5.47. The minimum atomic E-state index is 0.815. The summed E-state index contributed by atoms with van der Waals surface area (Å²) in [5.74, 6) is 0.901. The van der Waals surface area contributed by atoms with Crippen molar-refractivity contribution in [3.8, 4) is 0 Å². The number of nitrogens with one attached hydrogen (secondary N) is 2. The normalized spacial score (nSPS) is 9.94. The van der Waals surface area contributed by atoms with Crippen LogP contribution in [-0.4, -0.2) is 38.8 Å². The van der Waals surface area contributed by atoms with E-state index in [2.05, 4.69) is 36.4 Å². The van der Waals surface area contributed by atoms with E-state index in [-0.39, 0.29) is 0 Å². The molecular formula is C12H27N3O. The van der Waals surface area contributed by atoms with Gasteiger partial charge in [0.25, 0.3) is 0 Å². The summed E-state index contributed by atoms with van der Waals surface area (Å²) in [6, 6.07) is 0. The maximum Gasteiger partial charge on any atom is 0.191 e. The molecule has 0 amide bonds. The van der Waals surface area contributed by atoms with Crippen molar-refractivity contribution < 1.29 is 4.74 Å². The number of aliphatic imine (C=N–C) groups is 1. The van der Waals surface area contributed by atoms with Crippen molar-refractivity contribution in [3.05, 3.63) is 0 Å². The topological polar surface area (TPSA) is 45.6 Å². The van der Waals surface area contributed by atoms with Crippen molar-refractivity contribution in [1.82, 2.24) is 10.6 Å². The van der Waals surface area contributed by atoms with Gasteiger partial charge in [0.15, 0.2) is 5.96 Å². The molecule has 0 aromatic rings. The van der Waals surface area contributed by atoms with E-state index in [1.807, 2.05) is 0 Å². The first-order valence-corrected chi connectivity index (χ1v) is 6.45. The second-order valence-corrected chi connectivity index (χ2v) is 3.61. The van der Waals surface area contributed by atoms with E-state index in [1.54, 1.807) is 0 Å². The number of guanidine groups is 1. The third-order valence-electron chi connectivity index (χ3n) is 2.05. The summed E-state index contributed by atoms with van der Waals surface area (Å²) < 4.78 is 5.47. The summed E-state index contributed by atoms with van der Waals surface area (Å²) in [6.07, 6.45) is 3.34. The molecule has 0 spiro atoms. The van der Waals surface area contributed by atoms with Crippen molar-refractivity contribution in [2.24, 2.45) is 4.99 Å². The highest BCUT2D eigenvalue weighted by Gasteiger charge is 1.93. The molecule has 0 unspecified atom stereocenters. The lowest BCUT2D eigenvalue weighted by atomic mass is 10.4. The summed E-state index contributed by atoms with van der Waals surface area (Å²) in [5, 5.41) is 6.39. The van der Waals surface area contributed by atoms with E-state index < -0.39 is 0 Å². The molecule has 0 atom stereocenters. The van der Waals surface area contributed by atoms with Gasteiger partial charge in [0.1, 0.15) is 0 Å². The summed E-state index contributed by atoms with van der Waals surface area (Å²) >= 11 is 0. The van der Waals surface area contributed by atoms with Crippen molar-refractivity contribution >= 4 is 5.96 Å². The molecule has 0 aromatic carbocycles. The Kier molecular flexibility index (Phi) is 11.7. The second kappa shape index (κ2) is 12.3. The van der Waals surface area contributed by atoms with Crippen molar-refractivity contribution in [2.45, 2.75) is 40.0 Å². The van der Waals surface area contributed by atoms with Crippen LogP contribution in [-0.2, 0) is 4.74 Å². The molecule has 0 fully saturated rings. The Hall–Kier alpha value is -0.770. The molecule has 4 nitrogen and oxygen atoms in total. The molecular weight excluding hydrogens is 202 g/mol. The smallest absolute Gasteiger partial charge is 0.191 e. The minimum absolute atomic E-state index is 0.815. The SMILES string of the molecule is CCCCOCCCN=C(NCC)NCC. The zero-order chi connectivity index (χ0) is 12.1. The van der Waals surface area contributed by atoms with E-state index in [0.29, 0.717) is 0 Å². The third kappa shape index (κ3) is 9.77. The highest BCUT2D eigenvalue weighted by Crippen LogP contribution is 1.90. The van der Waals surface area contributed by atoms with Crippen molar-refractivity contribution in [3.63, 3.8) is 0 Å². The minimum Gasteiger partial charge on any atom is -0.381 e. The quantitative estimate of drug-likeness (QED) is 0.360. The summed E-state index contributed by atoms with van der Waals surface area (Å²) in [5.41, 5.74) is 0. The average molecular weight is 229 g/mol. The highest BCUT2D eigenvalue weighted by atomic mass is 16.5. The molecule has 0 aromatic heterocycles. The molecule has 96 valence electrons. The maximum absolute atomic E-state index is 5.47. The van der Waals surface area contributed by atoms with Crippen LogP contribution >= 0.6 is 0 Å². The van der Waals surface area contributed by atoms with Gasteiger partial charge in [-0.05, 0) is 26.7 Å². The zero-order valence-corrected chi connectivity index (χ0v) is 11.0. The fraction of sp³-hybridized carbons (Fsp3) is 0.917. The number of hydrogen-bond donors (Lipinski definition) is 2. The van der Waals surface area contributed by atoms with Crippen molar-refractivity contribution in [1.29, 1.82) is 0 Å². The molecule has 0 saturated heterocycles. The van der Waals surface area contributed by atoms with E-state index in [9.17, 15) is 0 Å². The number of ether oxygens (including phenoxy) is 1. The molecule has 2 N–H and O–H groups in total. The predicted octanol–water partition coefficient (Wildman–Crippen LogP) is 1.77. The number of hydrogen-bond acceptors (Lipinski definition) is 2. The van der Waals surface area contributed by atoms with Crippen LogP contribution in [0, 0.1) is 0 Å². The van der Waals surface area contributed by atoms with Crippen LogP contribution in [0.4, 0.5) is 0 Å². The van der Waals surface area contributed by atoms with Crippen LogP contribution in [0.15, 0.2) is 4.99 Å². The first kappa shape index (κ1) is 15.2. The Morgan fingerprint density at radius 1 is 1.00 bits per heavy atom. The van der Waals surface area contributed by atoms with Gasteiger partial charge >= 0.3 is 0 Å². The molecule has 0 aliphatic heterocycles. The van der Waals surface area contributed by atoms with E-state index in [1.165, 1.54) is 6.42 Å². The lowest BCUT2D eigenvalue weighted by molar-refractivity contribution is 0.130. The second-order valence-electron chi connectivity index (χ2n) is 3.61. The van der Waals surface area contributed by atoms with Gasteiger partial charge < -0.3 is 15.4 Å². The van der Waals surface area contributed by atoms with Crippen LogP contribution in [0.2, 0.25) is 0 Å². The first-order valence-electron chi connectivity index (χ1n) is 6.45. The van der Waals surface area contributed by atoms with E-state index in [4.69, 9.17) is 4.74 Å². The van der Waals surface area contributed by atoms with Gasteiger partial charge in [0.05, 0.1) is 0 Å². The molecule has 0 aliphatic rings. The molecule has 16 heavy (non-hydrogen) atoms. The fourth-order valence-electron chi connectivity index (χ4n) is 1.22. The summed E-state index contributed by atoms with van der Waals surface area (Å²) in [7, 11) is 0. The number of rotatable bonds is 9. The fourth-order valence-corrected chi connectivity index (χ4v) is 1.22. The van der Waals surface area contributed by atoms with Crippen LogP contribution in [0.5, 0.6) is 0 Å². The summed E-state index contributed by atoms with van der Waals surface area (Å²) in [6.45, 7) is 10.6. The van der Waals surface area contributed by atoms with Gasteiger partial charge in [-0.25, -0.2) is 0 Å². The Morgan fingerprint density at radius 2 is 1.62 bits per heavy atom. The predicted molar refractivity (Wildman–Crippen MR) is 70.0 cm³/mol. The van der Waals surface area contributed by atoms with Gasteiger partial charge in [-0.15, -0.1) is 0 Å². The van der Waals surface area contributed by atoms with Crippen LogP contribution in [0.25, 0.3) is 0 Å². The van der Waals surface area contributed by atoms with Gasteiger partial charge in [0.2, 0.25) is 0 Å². The van der Waals surface area contributed by atoms with Gasteiger partial charge in [-0.3, -0.25) is 4.99 Å². The zero-order valence-electron chi connectivity index (χ0n) is 11.0. The molecule has 0 saturated carbocycles. The highest BCUT2D eigenvalue weighted by molar-refractivity contribution is 5.79. The molecule has 0 aliphatic carbocycles. The lowest BCUT2D eigenvalue weighted by Gasteiger charge is -2.08. The van der Waals surface area contributed by atoms with Crippen LogP contribution in [0.1, 0.15) is 40.0 Å². The van der Waals surface area contributed by atoms with Gasteiger partial charge in [-0.2, -0.15) is 0 Å². The van der Waals surface area contributed by atoms with E-state index in [0.717, 1.165) is 51.6 Å². The Balaban J connectivity index is 3.46. The molecule has 0 heterocycles. The lowest BCUT2D eigenvalue weighted by Crippen LogP contribution is -2.37. The third-order valence-corrected chi connectivity index (χ3v) is 2.05. The standard InChI is InChI=1S/C12H27N3O/c1-4-7-10-16-11-8-9-15-12(13-5-2)14-6-3/h4-11H2,1-3H3,(H2,13,14,15). The summed E-state index contributed by atoms with van der Waals surface area (Å²) in [4.78, 5) is 4.44. The molecule has 0 rings (SSSR count). The molecule has 0 bridgehead atoms. The molecule has 4 heteroatoms. The van der Waals surface area contributed by atoms with Gasteiger partial charge in [0, 0.05) is 32.8 Å². The monoisotopic (exact) mass is 229 g/mol. The average Bonchev–Trinajstić information content (AvgIpc) is 2.28. The van der Waals surface area contributed by atoms with Gasteiger partial charge in [-0.1, -0.05) is 13.3 Å². The number of unbranched alkanes of at least 4 members (excludes halogenated alkanes) is 1. The molecule has 0 radical (unpaired) electrons. The number of nitrogens with zero attached hydrogens (tertiary/aromatic N) is 1. The first-order chi connectivity index (χ1) is 7.85. The van der Waals surface area contributed by atoms with Crippen LogP contribution < -0.4 is 10.6 Å². The van der Waals surface area contributed by atoms with Crippen LogP contribution in [0.3, 0.4) is 0 Å². The Bertz CT molecular complexity index is 164. The van der Waals surface area contributed by atoms with E-state index >= 15 is 0 Å². The Labute approximate surface area is 99.9 Å². The largest absolute Gasteiger partial charge is 0.381 e. The van der Waals surface area contributed by atoms with Crippen molar-refractivity contribution in [2.75, 3.05) is 32.8 Å².